The van der Waals surface area contributed by atoms with Crippen molar-refractivity contribution in [1.29, 1.82) is 0 Å². The van der Waals surface area contributed by atoms with Gasteiger partial charge in [0.1, 0.15) is 10.4 Å². The molecule has 0 amide bonds. The van der Waals surface area contributed by atoms with Gasteiger partial charge in [-0.3, -0.25) is 4.98 Å². The van der Waals surface area contributed by atoms with Crippen molar-refractivity contribution in [1.82, 2.24) is 9.97 Å². The van der Waals surface area contributed by atoms with E-state index in [1.807, 2.05) is 13.8 Å². The third-order valence-corrected chi connectivity index (χ3v) is 4.98. The van der Waals surface area contributed by atoms with Crippen molar-refractivity contribution in [2.24, 2.45) is 5.73 Å². The average Bonchev–Trinajstić information content (AvgIpc) is 2.80. The zero-order valence-corrected chi connectivity index (χ0v) is 13.6. The molecule has 7 heteroatoms. The second kappa shape index (κ2) is 5.62. The van der Waals surface area contributed by atoms with Crippen LogP contribution in [0.25, 0.3) is 10.4 Å². The van der Waals surface area contributed by atoms with Crippen molar-refractivity contribution < 1.29 is 13.2 Å². The number of nitrogens with zero attached hydrogens (tertiary/aromatic N) is 2. The fraction of sp³-hybridized carbons (Fsp3) is 0.467. The zero-order chi connectivity index (χ0) is 16.7. The number of aryl methyl sites for hydroxylation is 1. The first-order valence-corrected chi connectivity index (χ1v) is 7.62. The minimum atomic E-state index is -4.36. The highest BCUT2D eigenvalue weighted by atomic mass is 32.1. The van der Waals surface area contributed by atoms with E-state index in [-0.39, 0.29) is 11.7 Å². The van der Waals surface area contributed by atoms with Gasteiger partial charge in [0.15, 0.2) is 0 Å². The van der Waals surface area contributed by atoms with E-state index in [0.717, 1.165) is 29.4 Å². The van der Waals surface area contributed by atoms with Gasteiger partial charge in [-0.15, -0.1) is 11.3 Å². The van der Waals surface area contributed by atoms with E-state index in [9.17, 15) is 13.2 Å². The van der Waals surface area contributed by atoms with Crippen LogP contribution in [0.5, 0.6) is 0 Å². The van der Waals surface area contributed by atoms with E-state index in [2.05, 4.69) is 9.97 Å². The minimum Gasteiger partial charge on any atom is -0.322 e. The molecule has 0 aliphatic rings. The van der Waals surface area contributed by atoms with Crippen molar-refractivity contribution >= 4 is 11.3 Å². The van der Waals surface area contributed by atoms with E-state index in [4.69, 9.17) is 5.73 Å². The van der Waals surface area contributed by atoms with Crippen LogP contribution >= 0.6 is 11.3 Å². The second-order valence-corrected chi connectivity index (χ2v) is 6.84. The Kier molecular flexibility index (Phi) is 4.32. The first-order chi connectivity index (χ1) is 10.0. The van der Waals surface area contributed by atoms with Gasteiger partial charge in [0, 0.05) is 6.20 Å². The van der Waals surface area contributed by atoms with Gasteiger partial charge in [0.05, 0.1) is 22.3 Å². The lowest BCUT2D eigenvalue weighted by Gasteiger charge is -2.27. The molecule has 2 heterocycles. The molecule has 2 N–H and O–H groups in total. The minimum absolute atomic E-state index is 0.00681. The molecule has 0 spiro atoms. The molecule has 0 fully saturated rings. The molecule has 0 aliphatic carbocycles. The van der Waals surface area contributed by atoms with Crippen LogP contribution in [-0.2, 0) is 5.41 Å². The molecule has 0 saturated heterocycles. The molecule has 0 aromatic carbocycles. The van der Waals surface area contributed by atoms with E-state index >= 15 is 0 Å². The van der Waals surface area contributed by atoms with Crippen LogP contribution in [0.15, 0.2) is 18.3 Å². The molecule has 3 nitrogen and oxygen atoms in total. The van der Waals surface area contributed by atoms with E-state index in [1.165, 1.54) is 23.6 Å². The van der Waals surface area contributed by atoms with Gasteiger partial charge in [-0.05, 0) is 45.4 Å². The van der Waals surface area contributed by atoms with Gasteiger partial charge in [-0.1, -0.05) is 0 Å². The molecule has 120 valence electrons. The number of alkyl halides is 3. The number of aromatic nitrogens is 2. The summed E-state index contributed by atoms with van der Waals surface area (Å²) in [5.74, 6) is 0. The fourth-order valence-electron chi connectivity index (χ4n) is 1.94. The van der Waals surface area contributed by atoms with Crippen LogP contribution in [0.1, 0.15) is 43.2 Å². The molecule has 0 aliphatic heterocycles. The van der Waals surface area contributed by atoms with E-state index in [1.54, 1.807) is 6.07 Å². The number of hydrogen-bond acceptors (Lipinski definition) is 4. The summed E-state index contributed by atoms with van der Waals surface area (Å²) in [4.78, 5) is 9.12. The highest BCUT2D eigenvalue weighted by molar-refractivity contribution is 7.15. The summed E-state index contributed by atoms with van der Waals surface area (Å²) in [6.45, 7) is 5.91. The van der Waals surface area contributed by atoms with Crippen LogP contribution in [0, 0.1) is 6.92 Å². The van der Waals surface area contributed by atoms with Crippen molar-refractivity contribution in [3.63, 3.8) is 0 Å². The van der Waals surface area contributed by atoms with Crippen molar-refractivity contribution in [3.05, 3.63) is 34.7 Å². The molecule has 1 unspecified atom stereocenters. The summed E-state index contributed by atoms with van der Waals surface area (Å²) < 4.78 is 39.5. The molecular weight excluding hydrogens is 311 g/mol. The molecule has 2 rings (SSSR count). The van der Waals surface area contributed by atoms with Crippen LogP contribution in [0.4, 0.5) is 13.2 Å². The maximum Gasteiger partial charge on any atom is 0.399 e. The Labute approximate surface area is 131 Å². The number of pyridine rings is 1. The lowest BCUT2D eigenvalue weighted by molar-refractivity contribution is -0.181. The number of hydrogen-bond donors (Lipinski definition) is 1. The van der Waals surface area contributed by atoms with Crippen molar-refractivity contribution in [2.75, 3.05) is 0 Å². The molecular formula is C15H18F3N3S. The zero-order valence-electron chi connectivity index (χ0n) is 12.8. The third kappa shape index (κ3) is 3.01. The average molecular weight is 329 g/mol. The third-order valence-electron chi connectivity index (χ3n) is 3.57. The van der Waals surface area contributed by atoms with Crippen LogP contribution in [-0.4, -0.2) is 16.1 Å². The Hall–Kier alpha value is -1.47. The van der Waals surface area contributed by atoms with Crippen molar-refractivity contribution in [2.45, 2.75) is 45.3 Å². The second-order valence-electron chi connectivity index (χ2n) is 5.81. The van der Waals surface area contributed by atoms with Gasteiger partial charge in [0.25, 0.3) is 0 Å². The largest absolute Gasteiger partial charge is 0.399 e. The molecule has 0 saturated carbocycles. The lowest BCUT2D eigenvalue weighted by Crippen LogP contribution is -2.37. The standard InChI is InChI=1S/C15H18F3N3S/c1-8(19)13-21-9(2)12(22-13)10-5-6-20-11(7-10)14(3,4)15(16,17)18/h5-8H,19H2,1-4H3. The maximum atomic E-state index is 13.2. The topological polar surface area (TPSA) is 51.8 Å². The van der Waals surface area contributed by atoms with Gasteiger partial charge in [-0.2, -0.15) is 13.2 Å². The predicted molar refractivity (Wildman–Crippen MR) is 81.8 cm³/mol. The summed E-state index contributed by atoms with van der Waals surface area (Å²) in [5.41, 5.74) is 5.25. The number of thiazole rings is 1. The van der Waals surface area contributed by atoms with Gasteiger partial charge in [-0.25, -0.2) is 4.98 Å². The molecule has 2 aromatic rings. The normalized spacial score (nSPS) is 14.2. The monoisotopic (exact) mass is 329 g/mol. The quantitative estimate of drug-likeness (QED) is 0.909. The Balaban J connectivity index is 2.50. The number of rotatable bonds is 3. The van der Waals surface area contributed by atoms with Crippen LogP contribution in [0.2, 0.25) is 0 Å². The van der Waals surface area contributed by atoms with Crippen LogP contribution in [0.3, 0.4) is 0 Å². The fourth-order valence-corrected chi connectivity index (χ4v) is 2.95. The lowest BCUT2D eigenvalue weighted by atomic mass is 9.87. The Morgan fingerprint density at radius 3 is 2.41 bits per heavy atom. The highest BCUT2D eigenvalue weighted by Gasteiger charge is 2.49. The first-order valence-electron chi connectivity index (χ1n) is 6.80. The SMILES string of the molecule is Cc1nc(C(C)N)sc1-c1ccnc(C(C)(C)C(F)(F)F)c1. The first kappa shape index (κ1) is 16.9. The van der Waals surface area contributed by atoms with E-state index in [0.29, 0.717) is 5.56 Å². The molecule has 0 bridgehead atoms. The molecule has 22 heavy (non-hydrogen) atoms. The van der Waals surface area contributed by atoms with Crippen molar-refractivity contribution in [3.8, 4) is 10.4 Å². The smallest absolute Gasteiger partial charge is 0.322 e. The molecule has 1 atom stereocenters. The Bertz CT molecular complexity index is 675. The predicted octanol–water partition coefficient (Wildman–Crippen LogP) is 4.37. The van der Waals surface area contributed by atoms with Crippen LogP contribution < -0.4 is 5.73 Å². The maximum absolute atomic E-state index is 13.2. The molecule has 0 radical (unpaired) electrons. The summed E-state index contributed by atoms with van der Waals surface area (Å²) in [6, 6.07) is 2.98. The summed E-state index contributed by atoms with van der Waals surface area (Å²) in [5, 5.41) is 0.765. The summed E-state index contributed by atoms with van der Waals surface area (Å²) in [6.07, 6.45) is -2.96. The Morgan fingerprint density at radius 2 is 1.91 bits per heavy atom. The molecule has 2 aromatic heterocycles. The van der Waals surface area contributed by atoms with E-state index < -0.39 is 11.6 Å². The highest BCUT2D eigenvalue weighted by Crippen LogP contribution is 2.41. The van der Waals surface area contributed by atoms with Gasteiger partial charge < -0.3 is 5.73 Å². The summed E-state index contributed by atoms with van der Waals surface area (Å²) in [7, 11) is 0. The number of nitrogens with two attached hydrogens (primary N) is 1. The van der Waals surface area contributed by atoms with Gasteiger partial charge in [0.2, 0.25) is 0 Å². The number of halogens is 3. The van der Waals surface area contributed by atoms with Gasteiger partial charge >= 0.3 is 6.18 Å². The summed E-state index contributed by atoms with van der Waals surface area (Å²) >= 11 is 1.40. The Morgan fingerprint density at radius 1 is 1.27 bits per heavy atom.